The minimum absolute atomic E-state index is 0.0158. The summed E-state index contributed by atoms with van der Waals surface area (Å²) < 4.78 is 13.2. The normalized spacial score (nSPS) is 21.1. The van der Waals surface area contributed by atoms with Crippen molar-refractivity contribution in [2.45, 2.75) is 31.7 Å². The molecular weight excluding hydrogens is 335 g/mol. The van der Waals surface area contributed by atoms with Crippen molar-refractivity contribution in [2.24, 2.45) is 4.99 Å². The number of amides is 2. The van der Waals surface area contributed by atoms with Crippen LogP contribution in [-0.4, -0.2) is 41.8 Å². The van der Waals surface area contributed by atoms with E-state index >= 15 is 0 Å². The van der Waals surface area contributed by atoms with Crippen LogP contribution >= 0.6 is 11.6 Å². The zero-order valence-corrected chi connectivity index (χ0v) is 13.8. The summed E-state index contributed by atoms with van der Waals surface area (Å²) in [4.78, 5) is 30.7. The first-order chi connectivity index (χ1) is 11.5. The highest BCUT2D eigenvalue weighted by Gasteiger charge is 2.29. The molecule has 1 aromatic carbocycles. The van der Waals surface area contributed by atoms with Gasteiger partial charge in [-0.15, -0.1) is 0 Å². The second kappa shape index (κ2) is 7.17. The van der Waals surface area contributed by atoms with E-state index in [0.717, 1.165) is 32.4 Å². The molecule has 0 spiro atoms. The lowest BCUT2D eigenvalue weighted by Crippen LogP contribution is -2.51. The van der Waals surface area contributed by atoms with Crippen LogP contribution in [0.25, 0.3) is 0 Å². The number of carbonyl (C=O) groups excluding carboxylic acids is 2. The van der Waals surface area contributed by atoms with Gasteiger partial charge in [-0.3, -0.25) is 14.9 Å². The number of guanidine groups is 1. The van der Waals surface area contributed by atoms with E-state index in [1.165, 1.54) is 18.2 Å². The summed E-state index contributed by atoms with van der Waals surface area (Å²) in [6, 6.07) is 3.11. The number of rotatable bonds is 2. The van der Waals surface area contributed by atoms with E-state index in [-0.39, 0.29) is 17.4 Å². The van der Waals surface area contributed by atoms with Crippen molar-refractivity contribution < 1.29 is 14.0 Å². The Morgan fingerprint density at radius 3 is 2.79 bits per heavy atom. The Morgan fingerprint density at radius 2 is 2.08 bits per heavy atom. The van der Waals surface area contributed by atoms with Gasteiger partial charge in [-0.1, -0.05) is 11.6 Å². The quantitative estimate of drug-likeness (QED) is 0.856. The maximum atomic E-state index is 13.2. The zero-order chi connectivity index (χ0) is 17.1. The number of aliphatic imine (C=N–C) groups is 1. The monoisotopic (exact) mass is 352 g/mol. The van der Waals surface area contributed by atoms with Gasteiger partial charge >= 0.3 is 0 Å². The summed E-state index contributed by atoms with van der Waals surface area (Å²) in [5.74, 6) is -0.745. The fraction of sp³-hybridized carbons (Fsp3) is 0.438. The van der Waals surface area contributed by atoms with Gasteiger partial charge in [0.1, 0.15) is 11.9 Å². The Morgan fingerprint density at radius 1 is 1.33 bits per heavy atom. The molecule has 8 heteroatoms. The molecule has 24 heavy (non-hydrogen) atoms. The van der Waals surface area contributed by atoms with E-state index in [4.69, 9.17) is 11.6 Å². The van der Waals surface area contributed by atoms with Gasteiger partial charge in [-0.2, -0.15) is 0 Å². The fourth-order valence-corrected chi connectivity index (χ4v) is 2.97. The third-order valence-corrected chi connectivity index (χ3v) is 4.34. The minimum Gasteiger partial charge on any atom is -0.343 e. The lowest BCUT2D eigenvalue weighted by atomic mass is 10.1. The van der Waals surface area contributed by atoms with Crippen LogP contribution in [0.15, 0.2) is 23.2 Å². The van der Waals surface area contributed by atoms with Gasteiger partial charge in [0.25, 0.3) is 0 Å². The highest BCUT2D eigenvalue weighted by molar-refractivity contribution is 6.31. The lowest BCUT2D eigenvalue weighted by Gasteiger charge is -2.32. The molecule has 0 aromatic heterocycles. The van der Waals surface area contributed by atoms with E-state index in [1.807, 2.05) is 4.90 Å². The number of anilines is 1. The summed E-state index contributed by atoms with van der Waals surface area (Å²) in [6.07, 6.45) is 3.23. The highest BCUT2D eigenvalue weighted by Crippen LogP contribution is 2.20. The molecule has 2 aliphatic heterocycles. The molecule has 0 unspecified atom stereocenters. The van der Waals surface area contributed by atoms with Crippen LogP contribution in [0.1, 0.15) is 25.7 Å². The van der Waals surface area contributed by atoms with E-state index in [9.17, 15) is 14.0 Å². The second-order valence-corrected chi connectivity index (χ2v) is 6.29. The number of carbonyl (C=O) groups is 2. The first kappa shape index (κ1) is 16.7. The van der Waals surface area contributed by atoms with E-state index in [2.05, 4.69) is 15.6 Å². The number of nitrogens with zero attached hydrogens (tertiary/aromatic N) is 2. The Bertz CT molecular complexity index is 689. The third-order valence-electron chi connectivity index (χ3n) is 4.05. The first-order valence-corrected chi connectivity index (χ1v) is 8.29. The molecule has 0 bridgehead atoms. The molecule has 3 rings (SSSR count). The molecule has 6 nitrogen and oxygen atoms in total. The fourth-order valence-electron chi connectivity index (χ4n) is 2.79. The van der Waals surface area contributed by atoms with Crippen molar-refractivity contribution in [3.63, 3.8) is 0 Å². The van der Waals surface area contributed by atoms with Gasteiger partial charge in [0.15, 0.2) is 0 Å². The van der Waals surface area contributed by atoms with Crippen molar-refractivity contribution in [3.8, 4) is 0 Å². The van der Waals surface area contributed by atoms with Crippen molar-refractivity contribution in [3.05, 3.63) is 29.0 Å². The lowest BCUT2D eigenvalue weighted by molar-refractivity contribution is -0.125. The van der Waals surface area contributed by atoms with Crippen molar-refractivity contribution in [2.75, 3.05) is 18.4 Å². The van der Waals surface area contributed by atoms with Gasteiger partial charge in [0.2, 0.25) is 17.8 Å². The summed E-state index contributed by atoms with van der Waals surface area (Å²) >= 11 is 5.71. The zero-order valence-electron chi connectivity index (χ0n) is 13.0. The van der Waals surface area contributed by atoms with Gasteiger partial charge < -0.3 is 10.2 Å². The number of benzene rings is 1. The summed E-state index contributed by atoms with van der Waals surface area (Å²) in [6.45, 7) is 1.64. The topological polar surface area (TPSA) is 73.8 Å². The van der Waals surface area contributed by atoms with Gasteiger partial charge in [0.05, 0.1) is 11.4 Å². The van der Waals surface area contributed by atoms with E-state index in [1.54, 1.807) is 0 Å². The standard InChI is InChI=1S/C16H18ClFN4O2/c17-11-8-10(4-5-12(11)18)19-15(24)13-9-14(23)21-16(20-13)22-6-2-1-3-7-22/h4-5,8,13H,1-3,6-7,9H2,(H,19,24)(H,20,21,23)/t13-/m0/s1. The average molecular weight is 353 g/mol. The summed E-state index contributed by atoms with van der Waals surface area (Å²) in [5.41, 5.74) is 0.368. The van der Waals surface area contributed by atoms with Crippen LogP contribution in [0.2, 0.25) is 5.02 Å². The molecule has 1 saturated heterocycles. The Labute approximate surface area is 144 Å². The Balaban J connectivity index is 1.72. The number of hydrogen-bond acceptors (Lipinski definition) is 4. The van der Waals surface area contributed by atoms with Crippen LogP contribution in [0.3, 0.4) is 0 Å². The van der Waals surface area contributed by atoms with Crippen LogP contribution in [0.5, 0.6) is 0 Å². The maximum absolute atomic E-state index is 13.2. The molecular formula is C16H18ClFN4O2. The van der Waals surface area contributed by atoms with Crippen LogP contribution in [-0.2, 0) is 9.59 Å². The molecule has 2 N–H and O–H groups in total. The highest BCUT2D eigenvalue weighted by atomic mass is 35.5. The molecule has 1 atom stereocenters. The number of piperidine rings is 1. The smallest absolute Gasteiger partial charge is 0.249 e. The van der Waals surface area contributed by atoms with Crippen molar-refractivity contribution in [1.82, 2.24) is 10.2 Å². The number of halogens is 2. The SMILES string of the molecule is O=C1C[C@@H](C(=O)Nc2ccc(F)c(Cl)c2)N=C(N2CCCCC2)N1. The molecule has 2 heterocycles. The second-order valence-electron chi connectivity index (χ2n) is 5.89. The van der Waals surface area contributed by atoms with E-state index < -0.39 is 17.8 Å². The number of nitrogens with one attached hydrogen (secondary N) is 2. The largest absolute Gasteiger partial charge is 0.343 e. The molecule has 0 aliphatic carbocycles. The molecule has 0 saturated carbocycles. The number of likely N-dealkylation sites (tertiary alicyclic amines) is 1. The average Bonchev–Trinajstić information content (AvgIpc) is 2.58. The first-order valence-electron chi connectivity index (χ1n) is 7.91. The number of hydrogen-bond donors (Lipinski definition) is 2. The van der Waals surface area contributed by atoms with E-state index in [0.29, 0.717) is 11.6 Å². The van der Waals surface area contributed by atoms with Crippen LogP contribution in [0, 0.1) is 5.82 Å². The van der Waals surface area contributed by atoms with Crippen LogP contribution < -0.4 is 10.6 Å². The molecule has 128 valence electrons. The summed E-state index contributed by atoms with van der Waals surface area (Å²) in [7, 11) is 0. The molecule has 0 radical (unpaired) electrons. The van der Waals surface area contributed by atoms with Gasteiger partial charge in [0, 0.05) is 18.8 Å². The van der Waals surface area contributed by atoms with Crippen molar-refractivity contribution >= 4 is 35.1 Å². The Hall–Kier alpha value is -2.15. The molecule has 2 aliphatic rings. The van der Waals surface area contributed by atoms with Gasteiger partial charge in [-0.25, -0.2) is 9.38 Å². The predicted molar refractivity (Wildman–Crippen MR) is 89.4 cm³/mol. The predicted octanol–water partition coefficient (Wildman–Crippen LogP) is 2.15. The maximum Gasteiger partial charge on any atom is 0.249 e. The Kier molecular flexibility index (Phi) is 4.99. The third kappa shape index (κ3) is 3.84. The molecule has 1 aromatic rings. The molecule has 2 amide bonds. The van der Waals surface area contributed by atoms with Crippen LogP contribution in [0.4, 0.5) is 10.1 Å². The minimum atomic E-state index is -0.806. The molecule has 1 fully saturated rings. The summed E-state index contributed by atoms with van der Waals surface area (Å²) in [5, 5.41) is 5.29. The van der Waals surface area contributed by atoms with Crippen molar-refractivity contribution in [1.29, 1.82) is 0 Å². The van der Waals surface area contributed by atoms with Gasteiger partial charge in [-0.05, 0) is 37.5 Å².